The molecule has 0 saturated carbocycles. The van der Waals surface area contributed by atoms with Crippen molar-refractivity contribution in [2.45, 2.75) is 46.7 Å². The van der Waals surface area contributed by atoms with Crippen molar-refractivity contribution in [2.75, 3.05) is 6.54 Å². The van der Waals surface area contributed by atoms with Gasteiger partial charge in [0.25, 0.3) is 0 Å². The third kappa shape index (κ3) is 3.53. The first kappa shape index (κ1) is 15.6. The van der Waals surface area contributed by atoms with Gasteiger partial charge < -0.3 is 10.6 Å². The summed E-state index contributed by atoms with van der Waals surface area (Å²) in [4.78, 5) is 18.5. The molecule has 19 heavy (non-hydrogen) atoms. The molecule has 0 saturated heterocycles. The highest BCUT2D eigenvalue weighted by molar-refractivity contribution is 5.83. The van der Waals surface area contributed by atoms with Crippen molar-refractivity contribution in [3.8, 4) is 0 Å². The van der Waals surface area contributed by atoms with Gasteiger partial charge >= 0.3 is 0 Å². The zero-order valence-corrected chi connectivity index (χ0v) is 12.6. The van der Waals surface area contributed by atoms with Crippen LogP contribution in [-0.2, 0) is 11.3 Å². The number of hydrogen-bond acceptors (Lipinski definition) is 3. The maximum Gasteiger partial charge on any atom is 0.230 e. The maximum atomic E-state index is 12.7. The molecule has 0 aliphatic carbocycles. The van der Waals surface area contributed by atoms with Gasteiger partial charge in [0, 0.05) is 31.0 Å². The molecule has 0 atom stereocenters. The second-order valence-electron chi connectivity index (χ2n) is 6.02. The topological polar surface area (TPSA) is 59.2 Å². The Bertz CT molecular complexity index is 421. The van der Waals surface area contributed by atoms with Gasteiger partial charge in [0.2, 0.25) is 5.91 Å². The molecule has 4 nitrogen and oxygen atoms in total. The van der Waals surface area contributed by atoms with E-state index in [9.17, 15) is 4.79 Å². The summed E-state index contributed by atoms with van der Waals surface area (Å²) in [6, 6.07) is 3.85. The van der Waals surface area contributed by atoms with Crippen molar-refractivity contribution in [1.29, 1.82) is 0 Å². The summed E-state index contributed by atoms with van der Waals surface area (Å²) in [5.41, 5.74) is 6.06. The molecule has 1 aromatic rings. The number of carbonyl (C=O) groups excluding carboxylic acids is 1. The van der Waals surface area contributed by atoms with E-state index in [0.717, 1.165) is 5.56 Å². The monoisotopic (exact) mass is 263 g/mol. The van der Waals surface area contributed by atoms with Crippen molar-refractivity contribution in [1.82, 2.24) is 9.88 Å². The SMILES string of the molecule is CCN(Cc1ccncc1)C(=O)C(C)(C)C(C)(C)N. The van der Waals surface area contributed by atoms with Crippen molar-refractivity contribution < 1.29 is 4.79 Å². The lowest BCUT2D eigenvalue weighted by atomic mass is 9.74. The molecule has 0 bridgehead atoms. The number of rotatable bonds is 5. The van der Waals surface area contributed by atoms with Crippen LogP contribution in [-0.4, -0.2) is 27.9 Å². The lowest BCUT2D eigenvalue weighted by Crippen LogP contribution is -2.56. The average molecular weight is 263 g/mol. The fourth-order valence-corrected chi connectivity index (χ4v) is 1.71. The van der Waals surface area contributed by atoms with Gasteiger partial charge in [0.05, 0.1) is 5.41 Å². The van der Waals surface area contributed by atoms with Crippen LogP contribution in [0.25, 0.3) is 0 Å². The highest BCUT2D eigenvalue weighted by atomic mass is 16.2. The van der Waals surface area contributed by atoms with E-state index < -0.39 is 11.0 Å². The van der Waals surface area contributed by atoms with E-state index in [1.54, 1.807) is 12.4 Å². The number of nitrogens with two attached hydrogens (primary N) is 1. The van der Waals surface area contributed by atoms with Crippen molar-refractivity contribution >= 4 is 5.91 Å². The van der Waals surface area contributed by atoms with Gasteiger partial charge in [-0.05, 0) is 52.3 Å². The maximum absolute atomic E-state index is 12.7. The summed E-state index contributed by atoms with van der Waals surface area (Å²) in [6.45, 7) is 10.8. The van der Waals surface area contributed by atoms with Gasteiger partial charge in [-0.1, -0.05) is 0 Å². The summed E-state index contributed by atoms with van der Waals surface area (Å²) in [6.07, 6.45) is 3.48. The molecule has 0 radical (unpaired) electrons. The predicted molar refractivity (Wildman–Crippen MR) is 77.4 cm³/mol. The van der Waals surface area contributed by atoms with Crippen LogP contribution in [0.3, 0.4) is 0 Å². The van der Waals surface area contributed by atoms with Crippen LogP contribution in [0.4, 0.5) is 0 Å². The zero-order chi connectivity index (χ0) is 14.7. The second kappa shape index (κ2) is 5.70. The number of carbonyl (C=O) groups is 1. The van der Waals surface area contributed by atoms with E-state index in [0.29, 0.717) is 13.1 Å². The van der Waals surface area contributed by atoms with Crippen molar-refractivity contribution in [3.05, 3.63) is 30.1 Å². The molecule has 1 heterocycles. The van der Waals surface area contributed by atoms with Gasteiger partial charge in [-0.3, -0.25) is 9.78 Å². The van der Waals surface area contributed by atoms with E-state index in [1.807, 2.05) is 51.7 Å². The molecular weight excluding hydrogens is 238 g/mol. The summed E-state index contributed by atoms with van der Waals surface area (Å²) in [5, 5.41) is 0. The van der Waals surface area contributed by atoms with Crippen LogP contribution >= 0.6 is 0 Å². The Hall–Kier alpha value is -1.42. The van der Waals surface area contributed by atoms with E-state index in [-0.39, 0.29) is 5.91 Å². The number of aromatic nitrogens is 1. The first-order valence-electron chi connectivity index (χ1n) is 6.67. The largest absolute Gasteiger partial charge is 0.338 e. The van der Waals surface area contributed by atoms with Gasteiger partial charge in [-0.15, -0.1) is 0 Å². The van der Waals surface area contributed by atoms with Gasteiger partial charge in [-0.25, -0.2) is 0 Å². The van der Waals surface area contributed by atoms with E-state index in [1.165, 1.54) is 0 Å². The molecule has 1 amide bonds. The first-order valence-corrected chi connectivity index (χ1v) is 6.67. The Kier molecular flexibility index (Phi) is 4.69. The highest BCUT2D eigenvalue weighted by Gasteiger charge is 2.42. The predicted octanol–water partition coefficient (Wildman–Crippen LogP) is 2.19. The van der Waals surface area contributed by atoms with E-state index >= 15 is 0 Å². The molecule has 1 rings (SSSR count). The normalized spacial score (nSPS) is 12.3. The number of pyridine rings is 1. The molecule has 0 aliphatic heterocycles. The van der Waals surface area contributed by atoms with Crippen LogP contribution in [0.5, 0.6) is 0 Å². The Morgan fingerprint density at radius 3 is 2.21 bits per heavy atom. The highest BCUT2D eigenvalue weighted by Crippen LogP contribution is 2.31. The smallest absolute Gasteiger partial charge is 0.230 e. The third-order valence-electron chi connectivity index (χ3n) is 3.94. The van der Waals surface area contributed by atoms with Gasteiger partial charge in [0.1, 0.15) is 0 Å². The fourth-order valence-electron chi connectivity index (χ4n) is 1.71. The number of amides is 1. The number of hydrogen-bond donors (Lipinski definition) is 1. The quantitative estimate of drug-likeness (QED) is 0.886. The standard InChI is InChI=1S/C15H25N3O/c1-6-18(11-12-7-9-17-10-8-12)13(19)14(2,3)15(4,5)16/h7-10H,6,11,16H2,1-5H3. The molecule has 0 aliphatic rings. The van der Waals surface area contributed by atoms with E-state index in [2.05, 4.69) is 4.98 Å². The van der Waals surface area contributed by atoms with Gasteiger partial charge in [0.15, 0.2) is 0 Å². The molecule has 0 aromatic carbocycles. The minimum absolute atomic E-state index is 0.0827. The molecule has 0 spiro atoms. The lowest BCUT2D eigenvalue weighted by molar-refractivity contribution is -0.144. The Morgan fingerprint density at radius 2 is 1.79 bits per heavy atom. The Balaban J connectivity index is 2.89. The number of nitrogens with zero attached hydrogens (tertiary/aromatic N) is 2. The van der Waals surface area contributed by atoms with Crippen molar-refractivity contribution in [2.24, 2.45) is 11.1 Å². The molecule has 4 heteroatoms. The van der Waals surface area contributed by atoms with Crippen LogP contribution < -0.4 is 5.73 Å². The Morgan fingerprint density at radius 1 is 1.26 bits per heavy atom. The second-order valence-corrected chi connectivity index (χ2v) is 6.02. The van der Waals surface area contributed by atoms with Crippen LogP contribution in [0.2, 0.25) is 0 Å². The molecule has 2 N–H and O–H groups in total. The molecule has 0 unspecified atom stereocenters. The average Bonchev–Trinajstić information content (AvgIpc) is 2.35. The fraction of sp³-hybridized carbons (Fsp3) is 0.600. The van der Waals surface area contributed by atoms with E-state index in [4.69, 9.17) is 5.73 Å². The summed E-state index contributed by atoms with van der Waals surface area (Å²) in [7, 11) is 0. The van der Waals surface area contributed by atoms with Crippen LogP contribution in [0, 0.1) is 5.41 Å². The first-order chi connectivity index (χ1) is 8.70. The third-order valence-corrected chi connectivity index (χ3v) is 3.94. The molecule has 1 aromatic heterocycles. The molecule has 106 valence electrons. The minimum atomic E-state index is -0.601. The molecular formula is C15H25N3O. The Labute approximate surface area is 116 Å². The van der Waals surface area contributed by atoms with Crippen LogP contribution in [0.15, 0.2) is 24.5 Å². The summed E-state index contributed by atoms with van der Waals surface area (Å²) >= 11 is 0. The summed E-state index contributed by atoms with van der Waals surface area (Å²) in [5.74, 6) is 0.0827. The minimum Gasteiger partial charge on any atom is -0.338 e. The van der Waals surface area contributed by atoms with Crippen LogP contribution in [0.1, 0.15) is 40.2 Å². The molecule has 0 fully saturated rings. The lowest BCUT2D eigenvalue weighted by Gasteiger charge is -2.40. The zero-order valence-electron chi connectivity index (χ0n) is 12.6. The van der Waals surface area contributed by atoms with Gasteiger partial charge in [-0.2, -0.15) is 0 Å². The summed E-state index contributed by atoms with van der Waals surface area (Å²) < 4.78 is 0. The van der Waals surface area contributed by atoms with Crippen molar-refractivity contribution in [3.63, 3.8) is 0 Å².